The Hall–Kier alpha value is -2.80. The minimum absolute atomic E-state index is 0.362. The first-order chi connectivity index (χ1) is 14.7. The molecule has 0 unspecified atom stereocenters. The van der Waals surface area contributed by atoms with E-state index in [4.69, 9.17) is 4.74 Å². The van der Waals surface area contributed by atoms with Crippen LogP contribution < -0.4 is 15.0 Å². The van der Waals surface area contributed by atoms with Crippen molar-refractivity contribution < 1.29 is 4.74 Å². The van der Waals surface area contributed by atoms with Gasteiger partial charge in [-0.15, -0.1) is 10.2 Å². The van der Waals surface area contributed by atoms with Crippen LogP contribution in [0.1, 0.15) is 39.0 Å². The number of anilines is 2. The van der Waals surface area contributed by atoms with E-state index in [2.05, 4.69) is 70.4 Å². The summed E-state index contributed by atoms with van der Waals surface area (Å²) in [6.07, 6.45) is 0.691. The molecule has 0 bridgehead atoms. The summed E-state index contributed by atoms with van der Waals surface area (Å²) in [5.41, 5.74) is 4.82. The zero-order valence-electron chi connectivity index (χ0n) is 17.6. The second kappa shape index (κ2) is 9.34. The summed E-state index contributed by atoms with van der Waals surface area (Å²) in [4.78, 5) is 7.00. The normalized spacial score (nSPS) is 14.7. The predicted molar refractivity (Wildman–Crippen MR) is 123 cm³/mol. The van der Waals surface area contributed by atoms with Crippen LogP contribution in [0.15, 0.2) is 53.7 Å². The molecule has 4 rings (SSSR count). The van der Waals surface area contributed by atoms with Gasteiger partial charge in [0.05, 0.1) is 0 Å². The molecular formula is C23H27N5OS. The molecule has 0 aliphatic carbocycles. The van der Waals surface area contributed by atoms with Gasteiger partial charge in [0.2, 0.25) is 11.0 Å². The Bertz CT molecular complexity index is 991. The van der Waals surface area contributed by atoms with Gasteiger partial charge in [-0.3, -0.25) is 0 Å². The van der Waals surface area contributed by atoms with Crippen molar-refractivity contribution in [2.75, 3.05) is 29.1 Å². The van der Waals surface area contributed by atoms with Gasteiger partial charge in [0, 0.05) is 41.3 Å². The molecule has 2 aromatic carbocycles. The number of nitrogens with one attached hydrogen (secondary N) is 1. The van der Waals surface area contributed by atoms with Crippen LogP contribution in [0.25, 0.3) is 11.3 Å². The number of fused-ring (bicyclic) bond motifs is 3. The summed E-state index contributed by atoms with van der Waals surface area (Å²) in [6, 6.07) is 16.6. The van der Waals surface area contributed by atoms with Crippen LogP contribution >= 0.6 is 11.8 Å². The summed E-state index contributed by atoms with van der Waals surface area (Å²) in [5, 5.41) is 12.9. The maximum absolute atomic E-state index is 6.35. The van der Waals surface area contributed by atoms with Crippen LogP contribution in [0.3, 0.4) is 0 Å². The van der Waals surface area contributed by atoms with Crippen LogP contribution in [0.2, 0.25) is 0 Å². The number of para-hydroxylation sites is 1. The van der Waals surface area contributed by atoms with E-state index in [1.54, 1.807) is 11.8 Å². The van der Waals surface area contributed by atoms with E-state index < -0.39 is 0 Å². The van der Waals surface area contributed by atoms with Gasteiger partial charge in [-0.25, -0.2) is 0 Å². The van der Waals surface area contributed by atoms with Gasteiger partial charge < -0.3 is 15.0 Å². The van der Waals surface area contributed by atoms with Crippen molar-refractivity contribution in [2.45, 2.75) is 38.6 Å². The molecule has 0 spiro atoms. The van der Waals surface area contributed by atoms with Crippen molar-refractivity contribution in [2.24, 2.45) is 0 Å². The quantitative estimate of drug-likeness (QED) is 0.513. The number of nitrogens with zero attached hydrogens (tertiary/aromatic N) is 4. The lowest BCUT2D eigenvalue weighted by atomic mass is 10.1. The van der Waals surface area contributed by atoms with Crippen LogP contribution in [-0.2, 0) is 0 Å². The molecule has 0 saturated heterocycles. The summed E-state index contributed by atoms with van der Waals surface area (Å²) in [7, 11) is 0. The Morgan fingerprint density at radius 3 is 2.50 bits per heavy atom. The van der Waals surface area contributed by atoms with Crippen molar-refractivity contribution in [3.63, 3.8) is 0 Å². The molecular weight excluding hydrogens is 394 g/mol. The first-order valence-electron chi connectivity index (χ1n) is 10.5. The lowest BCUT2D eigenvalue weighted by molar-refractivity contribution is 0.225. The highest BCUT2D eigenvalue weighted by molar-refractivity contribution is 7.99. The van der Waals surface area contributed by atoms with Gasteiger partial charge in [-0.2, -0.15) is 4.98 Å². The average molecular weight is 422 g/mol. The third-order valence-corrected chi connectivity index (χ3v) is 6.14. The van der Waals surface area contributed by atoms with E-state index in [-0.39, 0.29) is 6.23 Å². The topological polar surface area (TPSA) is 63.2 Å². The van der Waals surface area contributed by atoms with Crippen molar-refractivity contribution in [1.82, 2.24) is 15.2 Å². The lowest BCUT2D eigenvalue weighted by Crippen LogP contribution is -2.22. The van der Waals surface area contributed by atoms with Crippen LogP contribution in [0.4, 0.5) is 11.4 Å². The summed E-state index contributed by atoms with van der Waals surface area (Å²) in [6.45, 7) is 8.44. The molecule has 2 heterocycles. The van der Waals surface area contributed by atoms with E-state index in [1.807, 2.05) is 24.3 Å². The fourth-order valence-corrected chi connectivity index (χ4v) is 4.13. The van der Waals surface area contributed by atoms with Gasteiger partial charge in [-0.1, -0.05) is 49.0 Å². The molecule has 30 heavy (non-hydrogen) atoms. The minimum atomic E-state index is -0.362. The van der Waals surface area contributed by atoms with E-state index in [0.717, 1.165) is 42.1 Å². The SMILES string of the molecule is CCCSc1nnc2c(n1)O[C@H](c1ccc(N(CC)CC)cc1)Nc1ccccc1-2. The number of aromatic nitrogens is 3. The third-order valence-electron chi connectivity index (χ3n) is 5.09. The maximum atomic E-state index is 6.35. The third kappa shape index (κ3) is 4.21. The number of benzene rings is 2. The Labute approximate surface area is 182 Å². The van der Waals surface area contributed by atoms with Crippen molar-refractivity contribution >= 4 is 23.1 Å². The Morgan fingerprint density at radius 1 is 1.00 bits per heavy atom. The standard InChI is InChI=1S/C23H27N5OS/c1-4-15-30-23-25-22-20(26-27-23)18-9-7-8-10-19(18)24-21(29-22)16-11-13-17(14-12-16)28(5-2)6-3/h7-14,21,24H,4-6,15H2,1-3H3/t21-/m1/s1. The number of hydrogen-bond acceptors (Lipinski definition) is 7. The number of ether oxygens (including phenoxy) is 1. The Morgan fingerprint density at radius 2 is 1.77 bits per heavy atom. The molecule has 1 aliphatic rings. The van der Waals surface area contributed by atoms with Crippen LogP contribution in [0, 0.1) is 0 Å². The fraction of sp³-hybridized carbons (Fsp3) is 0.348. The van der Waals surface area contributed by atoms with Gasteiger partial charge in [0.1, 0.15) is 0 Å². The van der Waals surface area contributed by atoms with Gasteiger partial charge in [-0.05, 0) is 38.5 Å². The monoisotopic (exact) mass is 421 g/mol. The zero-order valence-corrected chi connectivity index (χ0v) is 18.4. The molecule has 7 heteroatoms. The van der Waals surface area contributed by atoms with Crippen molar-refractivity contribution in [3.8, 4) is 17.1 Å². The first-order valence-corrected chi connectivity index (χ1v) is 11.5. The highest BCUT2D eigenvalue weighted by Crippen LogP contribution is 2.39. The molecule has 0 amide bonds. The summed E-state index contributed by atoms with van der Waals surface area (Å²) in [5.74, 6) is 1.46. The summed E-state index contributed by atoms with van der Waals surface area (Å²) < 4.78 is 6.35. The number of thioether (sulfide) groups is 1. The van der Waals surface area contributed by atoms with E-state index in [0.29, 0.717) is 16.7 Å². The highest BCUT2D eigenvalue weighted by Gasteiger charge is 2.26. The van der Waals surface area contributed by atoms with Crippen molar-refractivity contribution in [1.29, 1.82) is 0 Å². The van der Waals surface area contributed by atoms with Gasteiger partial charge >= 0.3 is 0 Å². The highest BCUT2D eigenvalue weighted by atomic mass is 32.2. The zero-order chi connectivity index (χ0) is 20.9. The molecule has 0 fully saturated rings. The lowest BCUT2D eigenvalue weighted by Gasteiger charge is -2.23. The Kier molecular flexibility index (Phi) is 6.38. The Balaban J connectivity index is 1.70. The molecule has 3 aromatic rings. The molecule has 6 nitrogen and oxygen atoms in total. The molecule has 156 valence electrons. The maximum Gasteiger partial charge on any atom is 0.247 e. The number of hydrogen-bond donors (Lipinski definition) is 1. The van der Waals surface area contributed by atoms with E-state index in [9.17, 15) is 0 Å². The fourth-order valence-electron chi connectivity index (χ4n) is 3.50. The van der Waals surface area contributed by atoms with Crippen molar-refractivity contribution in [3.05, 3.63) is 54.1 Å². The molecule has 1 aromatic heterocycles. The average Bonchev–Trinajstić information content (AvgIpc) is 2.95. The smallest absolute Gasteiger partial charge is 0.247 e. The minimum Gasteiger partial charge on any atom is -0.448 e. The van der Waals surface area contributed by atoms with Gasteiger partial charge in [0.25, 0.3) is 0 Å². The van der Waals surface area contributed by atoms with E-state index >= 15 is 0 Å². The molecule has 1 atom stereocenters. The molecule has 1 aliphatic heterocycles. The largest absolute Gasteiger partial charge is 0.448 e. The molecule has 0 saturated carbocycles. The predicted octanol–water partition coefficient (Wildman–Crippen LogP) is 5.39. The molecule has 1 N–H and O–H groups in total. The van der Waals surface area contributed by atoms with E-state index in [1.165, 1.54) is 5.69 Å². The summed E-state index contributed by atoms with van der Waals surface area (Å²) >= 11 is 1.60. The second-order valence-electron chi connectivity index (χ2n) is 7.05. The van der Waals surface area contributed by atoms with Crippen LogP contribution in [-0.4, -0.2) is 34.0 Å². The van der Waals surface area contributed by atoms with Gasteiger partial charge in [0.15, 0.2) is 11.9 Å². The number of rotatable bonds is 7. The second-order valence-corrected chi connectivity index (χ2v) is 8.11. The molecule has 0 radical (unpaired) electrons. The first kappa shape index (κ1) is 20.5. The van der Waals surface area contributed by atoms with Crippen LogP contribution in [0.5, 0.6) is 5.88 Å².